The molecule has 20 unspecified atom stereocenters. The third-order valence-corrected chi connectivity index (χ3v) is 13.1. The molecule has 6 aliphatic carbocycles. The maximum atomic E-state index is 11.0. The average Bonchev–Trinajstić information content (AvgIpc) is 3.73. The Morgan fingerprint density at radius 2 is 0.550 bits per heavy atom. The second-order valence-electron chi connectivity index (χ2n) is 14.7. The van der Waals surface area contributed by atoms with Gasteiger partial charge in [0.2, 0.25) is 0 Å². The highest BCUT2D eigenvalue weighted by Gasteiger charge is 2.63. The van der Waals surface area contributed by atoms with Crippen LogP contribution < -0.4 is 42.5 Å². The molecular weight excluding hydrogens is 512 g/mol. The molecule has 0 aromatic rings. The van der Waals surface area contributed by atoms with Crippen LogP contribution in [0.1, 0.15) is 51.4 Å². The molecule has 0 spiro atoms. The number of hydrogen-bond acceptors (Lipinski definition) is 12. The Morgan fingerprint density at radius 1 is 0.300 bits per heavy atom. The Labute approximate surface area is 235 Å². The van der Waals surface area contributed by atoms with E-state index in [1.807, 2.05) is 0 Å². The minimum absolute atomic E-state index is 0.0704. The Kier molecular flexibility index (Phi) is 6.17. The van der Waals surface area contributed by atoms with Crippen LogP contribution in [0.25, 0.3) is 0 Å². The van der Waals surface area contributed by atoms with Crippen molar-refractivity contribution in [1.82, 2.24) is 42.5 Å². The first kappa shape index (κ1) is 26.0. The van der Waals surface area contributed by atoms with Gasteiger partial charge in [0.05, 0.1) is 73.7 Å². The van der Waals surface area contributed by atoms with Crippen molar-refractivity contribution in [1.29, 1.82) is 0 Å². The molecule has 0 amide bonds. The third-order valence-electron chi connectivity index (χ3n) is 13.1. The van der Waals surface area contributed by atoms with E-state index in [4.69, 9.17) is 0 Å². The zero-order valence-corrected chi connectivity index (χ0v) is 23.0. The fourth-order valence-corrected chi connectivity index (χ4v) is 11.5. The Balaban J connectivity index is 1.01. The summed E-state index contributed by atoms with van der Waals surface area (Å²) < 4.78 is 0. The van der Waals surface area contributed by atoms with E-state index in [1.165, 1.54) is 0 Å². The number of aliphatic hydroxyl groups excluding tert-OH is 4. The number of hydrogen-bond donors (Lipinski definition) is 12. The van der Waals surface area contributed by atoms with E-state index in [0.29, 0.717) is 0 Å². The predicted octanol–water partition coefficient (Wildman–Crippen LogP) is -3.07. The largest absolute Gasteiger partial charge is 0.390 e. The van der Waals surface area contributed by atoms with Gasteiger partial charge in [-0.15, -0.1) is 0 Å². The van der Waals surface area contributed by atoms with Crippen molar-refractivity contribution in [3.8, 4) is 0 Å². The first-order valence-corrected chi connectivity index (χ1v) is 16.3. The van der Waals surface area contributed by atoms with E-state index in [0.717, 1.165) is 51.4 Å². The van der Waals surface area contributed by atoms with Gasteiger partial charge in [0.1, 0.15) is 0 Å². The van der Waals surface area contributed by atoms with E-state index in [1.54, 1.807) is 0 Å². The molecule has 11 rings (SSSR count). The molecule has 0 aromatic carbocycles. The fraction of sp³-hybridized carbons (Fsp3) is 1.00. The van der Waals surface area contributed by atoms with Crippen molar-refractivity contribution in [3.05, 3.63) is 0 Å². The van der Waals surface area contributed by atoms with Crippen molar-refractivity contribution in [2.75, 3.05) is 0 Å². The van der Waals surface area contributed by atoms with Crippen LogP contribution >= 0.6 is 0 Å². The van der Waals surface area contributed by atoms with Crippen molar-refractivity contribution in [2.24, 2.45) is 47.3 Å². The van der Waals surface area contributed by atoms with E-state index in [2.05, 4.69) is 42.5 Å². The predicted molar refractivity (Wildman–Crippen MR) is 144 cm³/mol. The molecule has 0 radical (unpaired) electrons. The Bertz CT molecular complexity index is 848. The number of rotatable bonds is 0. The van der Waals surface area contributed by atoms with Crippen LogP contribution in [0.4, 0.5) is 0 Å². The van der Waals surface area contributed by atoms with E-state index in [-0.39, 0.29) is 96.7 Å². The first-order valence-electron chi connectivity index (χ1n) is 16.3. The molecule has 5 aliphatic heterocycles. The quantitative estimate of drug-likeness (QED) is 0.144. The molecule has 12 bridgehead atoms. The monoisotopic (exact) mass is 560 g/mol. The van der Waals surface area contributed by atoms with Crippen LogP contribution in [0.2, 0.25) is 0 Å². The lowest BCUT2D eigenvalue weighted by atomic mass is 9.56. The lowest BCUT2D eigenvalue weighted by Crippen LogP contribution is -2.63. The maximum Gasteiger partial charge on any atom is 0.0833 e. The molecule has 11 aliphatic rings. The first-order chi connectivity index (χ1) is 19.4. The summed E-state index contributed by atoms with van der Waals surface area (Å²) in [7, 11) is 0. The zero-order chi connectivity index (χ0) is 26.9. The molecule has 6 saturated carbocycles. The molecule has 40 heavy (non-hydrogen) atoms. The fourth-order valence-electron chi connectivity index (χ4n) is 11.5. The smallest absolute Gasteiger partial charge is 0.0833 e. The summed E-state index contributed by atoms with van der Waals surface area (Å²) in [5, 5.41) is 74.9. The second-order valence-corrected chi connectivity index (χ2v) is 14.7. The van der Waals surface area contributed by atoms with Gasteiger partial charge in [0.25, 0.3) is 0 Å². The molecule has 20 atom stereocenters. The molecule has 0 aromatic heterocycles. The molecule has 5 heterocycles. The summed E-state index contributed by atoms with van der Waals surface area (Å²) in [5.74, 6) is 1.52. The molecular formula is C28H48N8O4. The normalized spacial score (nSPS) is 63.9. The van der Waals surface area contributed by atoms with Crippen molar-refractivity contribution in [2.45, 2.75) is 125 Å². The Hall–Kier alpha value is -0.480. The third kappa shape index (κ3) is 3.75. The van der Waals surface area contributed by atoms with Gasteiger partial charge in [-0.05, 0) is 98.7 Å². The van der Waals surface area contributed by atoms with Gasteiger partial charge in [-0.2, -0.15) is 0 Å². The zero-order valence-electron chi connectivity index (χ0n) is 23.0. The summed E-state index contributed by atoms with van der Waals surface area (Å²) in [5.41, 5.74) is 0. The van der Waals surface area contributed by atoms with E-state index in [9.17, 15) is 20.4 Å². The van der Waals surface area contributed by atoms with E-state index >= 15 is 0 Å². The van der Waals surface area contributed by atoms with Crippen molar-refractivity contribution >= 4 is 0 Å². The van der Waals surface area contributed by atoms with Crippen LogP contribution in [0.5, 0.6) is 0 Å². The van der Waals surface area contributed by atoms with Gasteiger partial charge >= 0.3 is 0 Å². The van der Waals surface area contributed by atoms with Gasteiger partial charge in [0, 0.05) is 0 Å². The SMILES string of the molecule is OC1C(O)C2CCC1C1C3NC4CCC(N4)NC4NC(NC5CCC(N5)NC(N3)C21)C1C2CCC(C(O)C2O)C41. The van der Waals surface area contributed by atoms with Crippen molar-refractivity contribution in [3.63, 3.8) is 0 Å². The van der Waals surface area contributed by atoms with Gasteiger partial charge in [-0.25, -0.2) is 0 Å². The lowest BCUT2D eigenvalue weighted by molar-refractivity contribution is -0.161. The highest BCUT2D eigenvalue weighted by molar-refractivity contribution is 5.14. The van der Waals surface area contributed by atoms with Gasteiger partial charge in [-0.3, -0.25) is 42.5 Å². The summed E-state index contributed by atoms with van der Waals surface area (Å²) in [6.07, 6.45) is 6.27. The molecule has 12 heteroatoms. The average molecular weight is 561 g/mol. The summed E-state index contributed by atoms with van der Waals surface area (Å²) in [4.78, 5) is 0. The molecule has 12 nitrogen and oxygen atoms in total. The standard InChI is InChI=1S/C28H48N8O4/c37-21-9-1-2-10(22(21)38)18-17(9)25-31-13-5-6-15(29-13)33-27-19-11-3-4-12(24(40)23(11)39)20(19)28(36-27)34-16-8-7-14(30-16)32-26(18)35-25/h9-40H,1-8H2. The maximum absolute atomic E-state index is 11.0. The number of aliphatic hydroxyl groups is 4. The van der Waals surface area contributed by atoms with Crippen LogP contribution in [-0.4, -0.2) is 94.2 Å². The molecule has 12 N–H and O–H groups in total. The topological polar surface area (TPSA) is 177 Å². The molecule has 5 saturated heterocycles. The lowest BCUT2D eigenvalue weighted by Gasteiger charge is -2.53. The van der Waals surface area contributed by atoms with Crippen LogP contribution in [-0.2, 0) is 0 Å². The highest BCUT2D eigenvalue weighted by atomic mass is 16.3. The second kappa shape index (κ2) is 9.51. The molecule has 224 valence electrons. The summed E-state index contributed by atoms with van der Waals surface area (Å²) in [6, 6.07) is 0. The van der Waals surface area contributed by atoms with Crippen LogP contribution in [0, 0.1) is 47.3 Å². The number of nitrogens with one attached hydrogen (secondary N) is 8. The minimum atomic E-state index is -0.641. The Morgan fingerprint density at radius 3 is 0.800 bits per heavy atom. The van der Waals surface area contributed by atoms with Crippen LogP contribution in [0.3, 0.4) is 0 Å². The van der Waals surface area contributed by atoms with Crippen LogP contribution in [0.15, 0.2) is 0 Å². The minimum Gasteiger partial charge on any atom is -0.390 e. The summed E-state index contributed by atoms with van der Waals surface area (Å²) >= 11 is 0. The summed E-state index contributed by atoms with van der Waals surface area (Å²) in [6.45, 7) is 0. The van der Waals surface area contributed by atoms with Gasteiger partial charge in [0.15, 0.2) is 0 Å². The number of fused-ring (bicyclic) bond motifs is 12. The molecule has 11 fully saturated rings. The van der Waals surface area contributed by atoms with Gasteiger partial charge in [-0.1, -0.05) is 0 Å². The van der Waals surface area contributed by atoms with Crippen molar-refractivity contribution < 1.29 is 20.4 Å². The van der Waals surface area contributed by atoms with Gasteiger partial charge < -0.3 is 20.4 Å². The van der Waals surface area contributed by atoms with E-state index < -0.39 is 24.4 Å². The highest BCUT2D eigenvalue weighted by Crippen LogP contribution is 2.55.